The lowest BCUT2D eigenvalue weighted by Crippen LogP contribution is -2.36. The summed E-state index contributed by atoms with van der Waals surface area (Å²) in [6.45, 7) is 1.66. The molecule has 0 spiro atoms. The Kier molecular flexibility index (Phi) is 5.10. The van der Waals surface area contributed by atoms with E-state index in [1.807, 2.05) is 0 Å². The van der Waals surface area contributed by atoms with Gasteiger partial charge in [0.05, 0.1) is 12.5 Å². The minimum atomic E-state index is -0.828. The summed E-state index contributed by atoms with van der Waals surface area (Å²) in [6.07, 6.45) is 2.37. The van der Waals surface area contributed by atoms with E-state index < -0.39 is 5.97 Å². The van der Waals surface area contributed by atoms with Crippen LogP contribution < -0.4 is 5.32 Å². The predicted molar refractivity (Wildman–Crippen MR) is 53.4 cm³/mol. The van der Waals surface area contributed by atoms with Gasteiger partial charge < -0.3 is 15.2 Å². The van der Waals surface area contributed by atoms with Crippen LogP contribution in [-0.4, -0.2) is 36.7 Å². The molecule has 0 aromatic rings. The van der Waals surface area contributed by atoms with Crippen LogP contribution in [0.1, 0.15) is 25.7 Å². The van der Waals surface area contributed by atoms with Crippen molar-refractivity contribution in [3.05, 3.63) is 0 Å². The van der Waals surface area contributed by atoms with Gasteiger partial charge in [-0.15, -0.1) is 0 Å². The van der Waals surface area contributed by atoms with Crippen LogP contribution >= 0.6 is 0 Å². The van der Waals surface area contributed by atoms with Gasteiger partial charge >= 0.3 is 5.97 Å². The van der Waals surface area contributed by atoms with Gasteiger partial charge in [0.1, 0.15) is 0 Å². The second-order valence-electron chi connectivity index (χ2n) is 3.70. The molecule has 5 nitrogen and oxygen atoms in total. The molecule has 0 aromatic heterocycles. The minimum absolute atomic E-state index is 0.0138. The number of carboxylic acids is 1. The maximum absolute atomic E-state index is 11.5. The normalized spacial score (nSPS) is 20.9. The highest BCUT2D eigenvalue weighted by molar-refractivity contribution is 5.78. The van der Waals surface area contributed by atoms with Crippen molar-refractivity contribution in [1.82, 2.24) is 5.32 Å². The second kappa shape index (κ2) is 6.40. The van der Waals surface area contributed by atoms with Gasteiger partial charge in [0.25, 0.3) is 0 Å². The first kappa shape index (κ1) is 12.0. The number of carbonyl (C=O) groups excluding carboxylic acids is 1. The molecular formula is C10H17NO4. The molecule has 1 rings (SSSR count). The lowest BCUT2D eigenvalue weighted by molar-refractivity contribution is -0.137. The zero-order valence-corrected chi connectivity index (χ0v) is 8.70. The van der Waals surface area contributed by atoms with E-state index in [-0.39, 0.29) is 18.2 Å². The van der Waals surface area contributed by atoms with Crippen LogP contribution in [0.25, 0.3) is 0 Å². The summed E-state index contributed by atoms with van der Waals surface area (Å²) in [7, 11) is 0. The van der Waals surface area contributed by atoms with E-state index in [9.17, 15) is 9.59 Å². The average Bonchev–Trinajstić information content (AvgIpc) is 2.25. The Labute approximate surface area is 88.8 Å². The molecule has 1 amide bonds. The molecule has 1 atom stereocenters. The number of carbonyl (C=O) groups is 2. The number of hydrogen-bond donors (Lipinski definition) is 2. The van der Waals surface area contributed by atoms with Gasteiger partial charge in [-0.25, -0.2) is 0 Å². The van der Waals surface area contributed by atoms with Crippen molar-refractivity contribution in [1.29, 1.82) is 0 Å². The summed E-state index contributed by atoms with van der Waals surface area (Å²) in [5.74, 6) is -0.895. The van der Waals surface area contributed by atoms with Crippen LogP contribution in [0.5, 0.6) is 0 Å². The monoisotopic (exact) mass is 215 g/mol. The van der Waals surface area contributed by atoms with E-state index in [0.29, 0.717) is 19.6 Å². The van der Waals surface area contributed by atoms with Gasteiger partial charge in [0, 0.05) is 19.6 Å². The Morgan fingerprint density at radius 3 is 2.87 bits per heavy atom. The van der Waals surface area contributed by atoms with E-state index in [2.05, 4.69) is 5.32 Å². The quantitative estimate of drug-likeness (QED) is 0.651. The molecule has 0 radical (unpaired) electrons. The average molecular weight is 215 g/mol. The first-order valence-corrected chi connectivity index (χ1v) is 5.27. The maximum atomic E-state index is 11.5. The third-order valence-corrected chi connectivity index (χ3v) is 2.40. The topological polar surface area (TPSA) is 75.6 Å². The Bertz CT molecular complexity index is 223. The molecule has 0 saturated carbocycles. The zero-order chi connectivity index (χ0) is 11.1. The lowest BCUT2D eigenvalue weighted by Gasteiger charge is -2.21. The molecule has 1 saturated heterocycles. The third kappa shape index (κ3) is 4.78. The van der Waals surface area contributed by atoms with Crippen molar-refractivity contribution in [3.63, 3.8) is 0 Å². The van der Waals surface area contributed by atoms with Crippen molar-refractivity contribution in [2.24, 2.45) is 5.92 Å². The van der Waals surface area contributed by atoms with Crippen LogP contribution in [-0.2, 0) is 14.3 Å². The van der Waals surface area contributed by atoms with Crippen molar-refractivity contribution in [2.75, 3.05) is 19.8 Å². The fourth-order valence-corrected chi connectivity index (χ4v) is 1.54. The highest BCUT2D eigenvalue weighted by Gasteiger charge is 2.20. The van der Waals surface area contributed by atoms with Crippen LogP contribution in [0, 0.1) is 5.92 Å². The maximum Gasteiger partial charge on any atom is 0.303 e. The molecule has 0 aliphatic carbocycles. The van der Waals surface area contributed by atoms with Gasteiger partial charge in [-0.05, 0) is 19.3 Å². The highest BCUT2D eigenvalue weighted by atomic mass is 16.5. The van der Waals surface area contributed by atoms with E-state index in [1.54, 1.807) is 0 Å². The summed E-state index contributed by atoms with van der Waals surface area (Å²) < 4.78 is 5.19. The van der Waals surface area contributed by atoms with Gasteiger partial charge in [0.15, 0.2) is 0 Å². The van der Waals surface area contributed by atoms with E-state index >= 15 is 0 Å². The molecule has 2 N–H and O–H groups in total. The molecule has 0 bridgehead atoms. The first-order chi connectivity index (χ1) is 7.20. The van der Waals surface area contributed by atoms with Gasteiger partial charge in [0.2, 0.25) is 5.91 Å². The van der Waals surface area contributed by atoms with Gasteiger partial charge in [-0.1, -0.05) is 0 Å². The molecule has 1 heterocycles. The summed E-state index contributed by atoms with van der Waals surface area (Å²) >= 11 is 0. The lowest BCUT2D eigenvalue weighted by atomic mass is 10.0. The zero-order valence-electron chi connectivity index (χ0n) is 8.70. The molecule has 15 heavy (non-hydrogen) atoms. The Morgan fingerprint density at radius 1 is 1.47 bits per heavy atom. The molecule has 1 unspecified atom stereocenters. The fourth-order valence-electron chi connectivity index (χ4n) is 1.54. The third-order valence-electron chi connectivity index (χ3n) is 2.40. The van der Waals surface area contributed by atoms with Gasteiger partial charge in [-0.3, -0.25) is 9.59 Å². The molecule has 1 aliphatic rings. The van der Waals surface area contributed by atoms with Crippen LogP contribution in [0.2, 0.25) is 0 Å². The largest absolute Gasteiger partial charge is 0.481 e. The number of ether oxygens (including phenoxy) is 1. The summed E-state index contributed by atoms with van der Waals surface area (Å²) in [4.78, 5) is 21.7. The predicted octanol–water partition coefficient (Wildman–Crippen LogP) is 0.394. The molecule has 1 fully saturated rings. The number of aliphatic carboxylic acids is 1. The SMILES string of the molecule is O=C(O)CCCNC(=O)C1CCCOC1. The summed E-state index contributed by atoms with van der Waals surface area (Å²) in [6, 6.07) is 0. The second-order valence-corrected chi connectivity index (χ2v) is 3.70. The van der Waals surface area contributed by atoms with Crippen molar-refractivity contribution < 1.29 is 19.4 Å². The highest BCUT2D eigenvalue weighted by Crippen LogP contribution is 2.13. The number of hydrogen-bond acceptors (Lipinski definition) is 3. The Morgan fingerprint density at radius 2 is 2.27 bits per heavy atom. The molecule has 0 aromatic carbocycles. The number of rotatable bonds is 5. The van der Waals surface area contributed by atoms with Gasteiger partial charge in [-0.2, -0.15) is 0 Å². The molecular weight excluding hydrogens is 198 g/mol. The van der Waals surface area contributed by atoms with E-state index in [4.69, 9.17) is 9.84 Å². The molecule has 86 valence electrons. The molecule has 1 aliphatic heterocycles. The van der Waals surface area contributed by atoms with E-state index in [0.717, 1.165) is 19.4 Å². The first-order valence-electron chi connectivity index (χ1n) is 5.27. The van der Waals surface area contributed by atoms with Crippen LogP contribution in [0.4, 0.5) is 0 Å². The number of nitrogens with one attached hydrogen (secondary N) is 1. The number of carboxylic acid groups (broad SMARTS) is 1. The van der Waals surface area contributed by atoms with Crippen molar-refractivity contribution in [3.8, 4) is 0 Å². The minimum Gasteiger partial charge on any atom is -0.481 e. The Balaban J connectivity index is 2.09. The number of amides is 1. The van der Waals surface area contributed by atoms with E-state index in [1.165, 1.54) is 0 Å². The van der Waals surface area contributed by atoms with Crippen molar-refractivity contribution in [2.45, 2.75) is 25.7 Å². The summed E-state index contributed by atoms with van der Waals surface area (Å²) in [5, 5.41) is 11.1. The fraction of sp³-hybridized carbons (Fsp3) is 0.800. The summed E-state index contributed by atoms with van der Waals surface area (Å²) in [5.41, 5.74) is 0. The Hall–Kier alpha value is -1.10. The molecule has 5 heteroatoms. The van der Waals surface area contributed by atoms with Crippen LogP contribution in [0.15, 0.2) is 0 Å². The van der Waals surface area contributed by atoms with Crippen molar-refractivity contribution >= 4 is 11.9 Å². The van der Waals surface area contributed by atoms with Crippen LogP contribution in [0.3, 0.4) is 0 Å². The smallest absolute Gasteiger partial charge is 0.303 e. The standard InChI is InChI=1S/C10H17NO4/c12-9(13)4-1-5-11-10(14)8-3-2-6-15-7-8/h8H,1-7H2,(H,11,14)(H,12,13).